The highest BCUT2D eigenvalue weighted by atomic mass is 16.6. The fraction of sp³-hybridized carbons (Fsp3) is 0.667. The van der Waals surface area contributed by atoms with Gasteiger partial charge in [-0.3, -0.25) is 14.4 Å². The normalized spacial score (nSPS) is 10.6. The van der Waals surface area contributed by atoms with E-state index in [1.807, 2.05) is 0 Å². The van der Waals surface area contributed by atoms with Gasteiger partial charge in [0.2, 0.25) is 0 Å². The lowest BCUT2D eigenvalue weighted by molar-refractivity contribution is -0.140. The maximum Gasteiger partial charge on any atom is 0.412 e. The molecule has 12 nitrogen and oxygen atoms in total. The first-order valence-corrected chi connectivity index (χ1v) is 16.5. The molecule has 0 aromatic heterocycles. The summed E-state index contributed by atoms with van der Waals surface area (Å²) in [6.07, 6.45) is 16.2. The first-order chi connectivity index (χ1) is 21.7. The van der Waals surface area contributed by atoms with Crippen LogP contribution in [0, 0.1) is 0 Å². The molecular formula is C33H53N3O9. The molecule has 0 spiro atoms. The van der Waals surface area contributed by atoms with Gasteiger partial charge < -0.3 is 35.2 Å². The summed E-state index contributed by atoms with van der Waals surface area (Å²) in [6, 6.07) is 3.58. The molecule has 0 unspecified atom stereocenters. The van der Waals surface area contributed by atoms with E-state index in [4.69, 9.17) is 19.7 Å². The van der Waals surface area contributed by atoms with E-state index in [1.165, 1.54) is 69.6 Å². The molecule has 0 aliphatic heterocycles. The highest BCUT2D eigenvalue weighted by molar-refractivity contribution is 5.98. The van der Waals surface area contributed by atoms with E-state index in [0.29, 0.717) is 18.0 Å². The summed E-state index contributed by atoms with van der Waals surface area (Å²) in [4.78, 5) is 61.1. The van der Waals surface area contributed by atoms with Gasteiger partial charge in [-0.15, -0.1) is 0 Å². The van der Waals surface area contributed by atoms with Crippen LogP contribution in [0.1, 0.15) is 127 Å². The highest BCUT2D eigenvalue weighted by Gasteiger charge is 2.23. The Morgan fingerprint density at radius 2 is 0.933 bits per heavy atom. The predicted molar refractivity (Wildman–Crippen MR) is 171 cm³/mol. The Bertz CT molecular complexity index is 978. The zero-order chi connectivity index (χ0) is 33.3. The quantitative estimate of drug-likeness (QED) is 0.0847. The minimum atomic E-state index is -1.41. The van der Waals surface area contributed by atoms with Gasteiger partial charge >= 0.3 is 24.1 Å². The fourth-order valence-electron chi connectivity index (χ4n) is 4.71. The van der Waals surface area contributed by atoms with Crippen molar-refractivity contribution < 1.29 is 43.7 Å². The number of amides is 3. The van der Waals surface area contributed by atoms with E-state index < -0.39 is 43.1 Å². The van der Waals surface area contributed by atoms with Gasteiger partial charge in [-0.05, 0) is 25.0 Å². The largest absolute Gasteiger partial charge is 0.480 e. The van der Waals surface area contributed by atoms with E-state index in [0.717, 1.165) is 51.4 Å². The minimum absolute atomic E-state index is 0.134. The van der Waals surface area contributed by atoms with Crippen LogP contribution in [-0.2, 0) is 9.59 Å². The number of aliphatic carboxylic acids is 2. The average molecular weight is 636 g/mol. The first kappa shape index (κ1) is 39.2. The van der Waals surface area contributed by atoms with E-state index in [-0.39, 0.29) is 17.1 Å². The third-order valence-electron chi connectivity index (χ3n) is 7.09. The van der Waals surface area contributed by atoms with Crippen molar-refractivity contribution in [2.75, 3.05) is 26.2 Å². The van der Waals surface area contributed by atoms with Crippen LogP contribution in [0.25, 0.3) is 0 Å². The van der Waals surface area contributed by atoms with Crippen molar-refractivity contribution >= 4 is 30.0 Å². The molecule has 254 valence electrons. The number of hydrogen-bond acceptors (Lipinski definition) is 7. The summed E-state index contributed by atoms with van der Waals surface area (Å²) in [5.41, 5.74) is -0.211. The maximum absolute atomic E-state index is 13.1. The van der Waals surface area contributed by atoms with Gasteiger partial charge in [0.05, 0.1) is 0 Å². The topological polar surface area (TPSA) is 172 Å². The molecule has 3 amide bonds. The SMILES string of the molecule is CCCCCCCCCCNC(=O)Oc1cc(OC(=O)NCCCCCCCCCC)cc(C(=O)N(CC(=O)O)CC(=O)O)c1. The molecule has 0 saturated heterocycles. The van der Waals surface area contributed by atoms with Gasteiger partial charge in [-0.25, -0.2) is 9.59 Å². The maximum atomic E-state index is 13.1. The Hall–Kier alpha value is -3.83. The smallest absolute Gasteiger partial charge is 0.412 e. The Kier molecular flexibility index (Phi) is 21.3. The molecule has 0 aliphatic rings. The lowest BCUT2D eigenvalue weighted by Crippen LogP contribution is -2.39. The fourth-order valence-corrected chi connectivity index (χ4v) is 4.71. The van der Waals surface area contributed by atoms with Crippen LogP contribution in [0.3, 0.4) is 0 Å². The van der Waals surface area contributed by atoms with Crippen molar-refractivity contribution in [3.63, 3.8) is 0 Å². The molecule has 1 rings (SSSR count). The molecule has 0 aliphatic carbocycles. The second kappa shape index (κ2) is 24.5. The number of nitrogens with one attached hydrogen (secondary N) is 2. The van der Waals surface area contributed by atoms with Crippen molar-refractivity contribution in [2.45, 2.75) is 117 Å². The van der Waals surface area contributed by atoms with Crippen LogP contribution in [0.4, 0.5) is 9.59 Å². The Balaban J connectivity index is 2.80. The molecule has 45 heavy (non-hydrogen) atoms. The van der Waals surface area contributed by atoms with Crippen LogP contribution in [0.2, 0.25) is 0 Å². The van der Waals surface area contributed by atoms with Gasteiger partial charge in [-0.1, -0.05) is 104 Å². The number of ether oxygens (including phenoxy) is 2. The summed E-state index contributed by atoms with van der Waals surface area (Å²) in [5, 5.41) is 23.6. The predicted octanol–water partition coefficient (Wildman–Crippen LogP) is 6.76. The Morgan fingerprint density at radius 3 is 1.29 bits per heavy atom. The number of benzene rings is 1. The number of hydrogen-bond donors (Lipinski definition) is 4. The molecular weight excluding hydrogens is 582 g/mol. The van der Waals surface area contributed by atoms with Crippen LogP contribution < -0.4 is 20.1 Å². The lowest BCUT2D eigenvalue weighted by Gasteiger charge is -2.19. The van der Waals surface area contributed by atoms with Crippen molar-refractivity contribution in [3.05, 3.63) is 23.8 Å². The van der Waals surface area contributed by atoms with Gasteiger partial charge in [0.15, 0.2) is 0 Å². The molecule has 0 fully saturated rings. The Morgan fingerprint density at radius 1 is 0.578 bits per heavy atom. The van der Waals surface area contributed by atoms with Crippen LogP contribution in [0.5, 0.6) is 11.5 Å². The summed E-state index contributed by atoms with van der Waals surface area (Å²) in [5.74, 6) is -4.03. The minimum Gasteiger partial charge on any atom is -0.480 e. The van der Waals surface area contributed by atoms with E-state index >= 15 is 0 Å². The number of carboxylic acids is 2. The van der Waals surface area contributed by atoms with Gasteiger partial charge in [0.25, 0.3) is 5.91 Å². The molecule has 1 aromatic rings. The van der Waals surface area contributed by atoms with Crippen molar-refractivity contribution in [3.8, 4) is 11.5 Å². The monoisotopic (exact) mass is 635 g/mol. The average Bonchev–Trinajstić information content (AvgIpc) is 2.98. The van der Waals surface area contributed by atoms with Crippen molar-refractivity contribution in [2.24, 2.45) is 0 Å². The summed E-state index contributed by atoms with van der Waals surface area (Å²) >= 11 is 0. The number of carboxylic acid groups (broad SMARTS) is 2. The molecule has 1 aromatic carbocycles. The van der Waals surface area contributed by atoms with Crippen LogP contribution >= 0.6 is 0 Å². The van der Waals surface area contributed by atoms with Gasteiger partial charge in [0, 0.05) is 24.7 Å². The van der Waals surface area contributed by atoms with Gasteiger partial charge in [-0.2, -0.15) is 0 Å². The number of nitrogens with zero attached hydrogens (tertiary/aromatic N) is 1. The number of unbranched alkanes of at least 4 members (excludes halogenated alkanes) is 14. The van der Waals surface area contributed by atoms with Crippen LogP contribution in [-0.4, -0.2) is 71.3 Å². The lowest BCUT2D eigenvalue weighted by atomic mass is 10.1. The van der Waals surface area contributed by atoms with E-state index in [1.54, 1.807) is 0 Å². The van der Waals surface area contributed by atoms with Crippen LogP contribution in [0.15, 0.2) is 18.2 Å². The summed E-state index contributed by atoms with van der Waals surface area (Å²) in [7, 11) is 0. The second-order valence-electron chi connectivity index (χ2n) is 11.2. The first-order valence-electron chi connectivity index (χ1n) is 16.5. The van der Waals surface area contributed by atoms with E-state index in [2.05, 4.69) is 24.5 Å². The molecule has 0 atom stereocenters. The molecule has 4 N–H and O–H groups in total. The van der Waals surface area contributed by atoms with Crippen molar-refractivity contribution in [1.29, 1.82) is 0 Å². The highest BCUT2D eigenvalue weighted by Crippen LogP contribution is 2.25. The number of carbonyl (C=O) groups is 5. The third-order valence-corrected chi connectivity index (χ3v) is 7.09. The van der Waals surface area contributed by atoms with Crippen molar-refractivity contribution in [1.82, 2.24) is 15.5 Å². The number of carbonyl (C=O) groups excluding carboxylic acids is 3. The third kappa shape index (κ3) is 19.9. The summed E-state index contributed by atoms with van der Waals surface area (Å²) < 4.78 is 10.7. The second-order valence-corrected chi connectivity index (χ2v) is 11.2. The number of rotatable bonds is 25. The van der Waals surface area contributed by atoms with Gasteiger partial charge in [0.1, 0.15) is 24.6 Å². The zero-order valence-electron chi connectivity index (χ0n) is 27.1. The molecule has 0 heterocycles. The molecule has 0 bridgehead atoms. The summed E-state index contributed by atoms with van der Waals surface area (Å²) in [6.45, 7) is 3.39. The molecule has 0 radical (unpaired) electrons. The standard InChI is InChI=1S/C33H53N3O9/c1-3-5-7-9-11-13-15-17-19-34-32(42)44-27-21-26(31(41)36(24-29(37)38)25-30(39)40)22-28(23-27)45-33(43)35-20-18-16-14-12-10-8-6-4-2/h21-23H,3-20,24-25H2,1-2H3,(H,34,42)(H,35,43)(H,37,38)(H,39,40). The Labute approximate surface area is 267 Å². The zero-order valence-corrected chi connectivity index (χ0v) is 27.1. The molecule has 0 saturated carbocycles. The molecule has 12 heteroatoms. The van der Waals surface area contributed by atoms with E-state index in [9.17, 15) is 24.0 Å².